The van der Waals surface area contributed by atoms with Crippen LogP contribution in [0.25, 0.3) is 11.1 Å². The van der Waals surface area contributed by atoms with E-state index < -0.39 is 0 Å². The summed E-state index contributed by atoms with van der Waals surface area (Å²) in [6.45, 7) is 4.50. The maximum Gasteiger partial charge on any atom is 0.0751 e. The molecule has 0 bridgehead atoms. The van der Waals surface area contributed by atoms with Crippen LogP contribution in [0.4, 0.5) is 0 Å². The Kier molecular flexibility index (Phi) is 8.30. The van der Waals surface area contributed by atoms with E-state index in [9.17, 15) is 5.26 Å². The molecule has 4 rings (SSSR count). The van der Waals surface area contributed by atoms with Gasteiger partial charge in [0.15, 0.2) is 0 Å². The number of nitriles is 1. The van der Waals surface area contributed by atoms with Crippen molar-refractivity contribution in [2.24, 2.45) is 11.3 Å². The highest BCUT2D eigenvalue weighted by Gasteiger charge is 2.35. The van der Waals surface area contributed by atoms with Gasteiger partial charge in [-0.1, -0.05) is 75.2 Å². The number of rotatable bonds is 7. The fraction of sp³-hybridized carbons (Fsp3) is 0.552. The van der Waals surface area contributed by atoms with Crippen LogP contribution in [-0.4, -0.2) is 11.5 Å². The van der Waals surface area contributed by atoms with Gasteiger partial charge < -0.3 is 0 Å². The molecular weight excluding hydrogens is 426 g/mol. The van der Waals surface area contributed by atoms with Crippen LogP contribution in [0.15, 0.2) is 48.5 Å². The predicted molar refractivity (Wildman–Crippen MR) is 142 cm³/mol. The van der Waals surface area contributed by atoms with E-state index in [2.05, 4.69) is 92.0 Å². The molecule has 0 amide bonds. The lowest BCUT2D eigenvalue weighted by molar-refractivity contribution is 0.228. The third-order valence-electron chi connectivity index (χ3n) is 7.47. The second-order valence-corrected chi connectivity index (χ2v) is 12.4. The zero-order chi connectivity index (χ0) is 22.4. The largest absolute Gasteiger partial charge is 0.198 e. The van der Waals surface area contributed by atoms with Gasteiger partial charge in [-0.2, -0.15) is 5.26 Å². The van der Waals surface area contributed by atoms with Crippen molar-refractivity contribution in [3.05, 3.63) is 59.7 Å². The first kappa shape index (κ1) is 23.8. The van der Waals surface area contributed by atoms with E-state index in [-0.39, 0.29) is 5.41 Å². The fourth-order valence-electron chi connectivity index (χ4n) is 5.49. The first-order valence-corrected chi connectivity index (χ1v) is 14.6. The van der Waals surface area contributed by atoms with Crippen LogP contribution in [0.3, 0.4) is 0 Å². The monoisotopic (exact) mass is 463 g/mol. The summed E-state index contributed by atoms with van der Waals surface area (Å²) in [6.07, 6.45) is 9.27. The first-order valence-electron chi connectivity index (χ1n) is 12.5. The molecule has 1 nitrogen and oxygen atoms in total. The molecule has 2 aromatic carbocycles. The zero-order valence-corrected chi connectivity index (χ0v) is 21.3. The predicted octanol–water partition coefficient (Wildman–Crippen LogP) is 9.22. The zero-order valence-electron chi connectivity index (χ0n) is 19.7. The van der Waals surface area contributed by atoms with Gasteiger partial charge in [0.25, 0.3) is 0 Å². The normalized spacial score (nSPS) is 28.2. The first-order chi connectivity index (χ1) is 15.7. The molecule has 2 aliphatic rings. The molecule has 1 aliphatic heterocycles. The van der Waals surface area contributed by atoms with Crippen molar-refractivity contribution in [1.29, 1.82) is 5.26 Å². The van der Waals surface area contributed by atoms with Gasteiger partial charge in [0.2, 0.25) is 0 Å². The third-order valence-corrected chi connectivity index (χ3v) is 10.8. The molecule has 0 spiro atoms. The summed E-state index contributed by atoms with van der Waals surface area (Å²) >= 11 is 4.26. The summed E-state index contributed by atoms with van der Waals surface area (Å²) < 4.78 is 0.596. The van der Waals surface area contributed by atoms with Crippen molar-refractivity contribution in [2.45, 2.75) is 75.7 Å². The van der Waals surface area contributed by atoms with Crippen molar-refractivity contribution in [1.82, 2.24) is 0 Å². The molecule has 1 aliphatic carbocycles. The van der Waals surface area contributed by atoms with Crippen LogP contribution in [-0.2, 0) is 0 Å². The second-order valence-electron chi connectivity index (χ2n) is 9.81. The van der Waals surface area contributed by atoms with Gasteiger partial charge in [-0.3, -0.25) is 0 Å². The van der Waals surface area contributed by atoms with Crippen LogP contribution in [0.1, 0.15) is 86.8 Å². The molecule has 32 heavy (non-hydrogen) atoms. The van der Waals surface area contributed by atoms with Gasteiger partial charge >= 0.3 is 0 Å². The Bertz CT molecular complexity index is 880. The second kappa shape index (κ2) is 11.2. The third kappa shape index (κ3) is 5.57. The SMILES string of the molecule is CCCC1CSC(c2ccc(-c3ccc(C4CCC(C#N)(CCC)CC4)cc3)cc2)SC1. The van der Waals surface area contributed by atoms with E-state index in [0.717, 1.165) is 44.4 Å². The highest BCUT2D eigenvalue weighted by molar-refractivity contribution is 8.16. The molecule has 1 heterocycles. The minimum absolute atomic E-state index is 0.0568. The van der Waals surface area contributed by atoms with Gasteiger partial charge in [-0.15, -0.1) is 23.5 Å². The minimum atomic E-state index is -0.0568. The van der Waals surface area contributed by atoms with Crippen molar-refractivity contribution in [3.8, 4) is 17.2 Å². The molecule has 3 heteroatoms. The van der Waals surface area contributed by atoms with E-state index in [1.807, 2.05) is 0 Å². The highest BCUT2D eigenvalue weighted by Crippen LogP contribution is 2.47. The molecule has 1 saturated carbocycles. The average Bonchev–Trinajstić information content (AvgIpc) is 2.86. The molecule has 0 aromatic heterocycles. The number of benzene rings is 2. The van der Waals surface area contributed by atoms with Gasteiger partial charge in [0, 0.05) is 0 Å². The minimum Gasteiger partial charge on any atom is -0.198 e. The summed E-state index contributed by atoms with van der Waals surface area (Å²) in [5, 5.41) is 9.68. The van der Waals surface area contributed by atoms with Crippen molar-refractivity contribution >= 4 is 23.5 Å². The van der Waals surface area contributed by atoms with E-state index in [0.29, 0.717) is 10.5 Å². The Balaban J connectivity index is 1.35. The standard InChI is InChI=1S/C29H37NS2/c1-3-5-22-19-31-28(32-20-22)27-12-10-24(11-13-27)23-6-8-25(9-7-23)26-14-17-29(21-30,16-4-2)18-15-26/h6-13,22,26,28H,3-5,14-20H2,1-2H3. The summed E-state index contributed by atoms with van der Waals surface area (Å²) in [5.41, 5.74) is 5.47. The molecule has 0 atom stereocenters. The number of hydrogen-bond donors (Lipinski definition) is 0. The van der Waals surface area contributed by atoms with Crippen LogP contribution >= 0.6 is 23.5 Å². The van der Waals surface area contributed by atoms with E-state index in [1.165, 1.54) is 46.6 Å². The topological polar surface area (TPSA) is 23.8 Å². The van der Waals surface area contributed by atoms with Crippen LogP contribution < -0.4 is 0 Å². The molecule has 1 saturated heterocycles. The smallest absolute Gasteiger partial charge is 0.0751 e. The quantitative estimate of drug-likeness (QED) is 0.409. The molecule has 2 aromatic rings. The van der Waals surface area contributed by atoms with E-state index >= 15 is 0 Å². The fourth-order valence-corrected chi connectivity index (χ4v) is 8.66. The number of hydrogen-bond acceptors (Lipinski definition) is 3. The summed E-state index contributed by atoms with van der Waals surface area (Å²) in [6, 6.07) is 21.2. The van der Waals surface area contributed by atoms with Gasteiger partial charge in [-0.05, 0) is 84.1 Å². The molecule has 170 valence electrons. The highest BCUT2D eigenvalue weighted by atomic mass is 32.2. The van der Waals surface area contributed by atoms with Crippen LogP contribution in [0.2, 0.25) is 0 Å². The van der Waals surface area contributed by atoms with Crippen LogP contribution in [0, 0.1) is 22.7 Å². The molecule has 0 N–H and O–H groups in total. The molecular formula is C29H37NS2. The number of nitrogens with zero attached hydrogens (tertiary/aromatic N) is 1. The number of thioether (sulfide) groups is 2. The maximum atomic E-state index is 9.68. The van der Waals surface area contributed by atoms with Crippen molar-refractivity contribution in [3.63, 3.8) is 0 Å². The van der Waals surface area contributed by atoms with E-state index in [4.69, 9.17) is 0 Å². The van der Waals surface area contributed by atoms with Gasteiger partial charge in [-0.25, -0.2) is 0 Å². The Hall–Kier alpha value is -1.37. The lowest BCUT2D eigenvalue weighted by Gasteiger charge is -2.35. The lowest BCUT2D eigenvalue weighted by atomic mass is 9.68. The molecule has 0 unspecified atom stereocenters. The van der Waals surface area contributed by atoms with Gasteiger partial charge in [0.05, 0.1) is 16.1 Å². The van der Waals surface area contributed by atoms with Crippen molar-refractivity contribution in [2.75, 3.05) is 11.5 Å². The summed E-state index contributed by atoms with van der Waals surface area (Å²) in [7, 11) is 0. The molecule has 2 fully saturated rings. The Labute approximate surface area is 203 Å². The van der Waals surface area contributed by atoms with Crippen molar-refractivity contribution < 1.29 is 0 Å². The maximum absolute atomic E-state index is 9.68. The Morgan fingerprint density at radius 3 is 1.91 bits per heavy atom. The van der Waals surface area contributed by atoms with E-state index in [1.54, 1.807) is 0 Å². The Morgan fingerprint density at radius 1 is 0.844 bits per heavy atom. The van der Waals surface area contributed by atoms with Gasteiger partial charge in [0.1, 0.15) is 0 Å². The lowest BCUT2D eigenvalue weighted by Crippen LogP contribution is -2.25. The molecule has 0 radical (unpaired) electrons. The summed E-state index contributed by atoms with van der Waals surface area (Å²) in [5.74, 6) is 4.13. The van der Waals surface area contributed by atoms with Crippen LogP contribution in [0.5, 0.6) is 0 Å². The Morgan fingerprint density at radius 2 is 1.41 bits per heavy atom. The average molecular weight is 464 g/mol. The summed E-state index contributed by atoms with van der Waals surface area (Å²) in [4.78, 5) is 0.